The van der Waals surface area contributed by atoms with Gasteiger partial charge in [-0.05, 0) is 57.3 Å². The lowest BCUT2D eigenvalue weighted by molar-refractivity contribution is 0.728. The van der Waals surface area contributed by atoms with E-state index in [1.807, 2.05) is 0 Å². The fourth-order valence-electron chi connectivity index (χ4n) is 1.01. The van der Waals surface area contributed by atoms with Gasteiger partial charge in [0.15, 0.2) is 0 Å². The van der Waals surface area contributed by atoms with Crippen LogP contribution < -0.4 is 5.32 Å². The topological polar surface area (TPSA) is 12.0 Å². The molecule has 1 aliphatic rings. The molecule has 0 radical (unpaired) electrons. The van der Waals surface area contributed by atoms with Crippen molar-refractivity contribution in [1.82, 2.24) is 5.32 Å². The van der Waals surface area contributed by atoms with E-state index in [2.05, 4.69) is 43.3 Å². The normalized spacial score (nSPS) is 26.2. The maximum Gasteiger partial charge on any atom is 0.0579 e. The third-order valence-corrected chi connectivity index (χ3v) is 1.95. The van der Waals surface area contributed by atoms with E-state index in [0.717, 1.165) is 9.94 Å². The van der Waals surface area contributed by atoms with E-state index in [1.54, 1.807) is 0 Å². The zero-order valence-corrected chi connectivity index (χ0v) is 8.20. The fourth-order valence-corrected chi connectivity index (χ4v) is 1.64. The van der Waals surface area contributed by atoms with Crippen LogP contribution in [0.25, 0.3) is 0 Å². The highest BCUT2D eigenvalue weighted by Gasteiger charge is 2.10. The van der Waals surface area contributed by atoms with Crippen LogP contribution in [0.1, 0.15) is 12.8 Å². The molecule has 0 saturated carbocycles. The first-order chi connectivity index (χ1) is 4.29. The Labute approximate surface area is 72.2 Å². The summed E-state index contributed by atoms with van der Waals surface area (Å²) in [6.07, 6.45) is 4.71. The zero-order chi connectivity index (χ0) is 6.69. The van der Waals surface area contributed by atoms with Gasteiger partial charge in [0.1, 0.15) is 0 Å². The highest BCUT2D eigenvalue weighted by Crippen LogP contribution is 2.17. The number of nitrogens with one attached hydrogen (secondary N) is 1. The lowest BCUT2D eigenvalue weighted by Crippen LogP contribution is -2.18. The maximum atomic E-state index is 3.35. The number of halogens is 2. The second-order valence-corrected chi connectivity index (χ2v) is 4.93. The molecule has 1 rings (SSSR count). The first kappa shape index (κ1) is 7.76. The van der Waals surface area contributed by atoms with Crippen LogP contribution in [0.3, 0.4) is 0 Å². The lowest BCUT2D eigenvalue weighted by atomic mass is 10.2. The van der Waals surface area contributed by atoms with E-state index < -0.39 is 0 Å². The Morgan fingerprint density at radius 3 is 2.78 bits per heavy atom. The molecule has 1 aliphatic heterocycles. The molecule has 3 heteroatoms. The van der Waals surface area contributed by atoms with E-state index in [9.17, 15) is 0 Å². The van der Waals surface area contributed by atoms with Crippen LogP contribution in [0.15, 0.2) is 9.47 Å². The van der Waals surface area contributed by atoms with Gasteiger partial charge in [0.2, 0.25) is 0 Å². The average molecular weight is 255 g/mol. The molecule has 9 heavy (non-hydrogen) atoms. The molecule has 0 aromatic heterocycles. The molecule has 1 N–H and O–H groups in total. The van der Waals surface area contributed by atoms with Crippen molar-refractivity contribution in [3.63, 3.8) is 0 Å². The summed E-state index contributed by atoms with van der Waals surface area (Å²) >= 11 is 6.64. The molecule has 1 saturated heterocycles. The van der Waals surface area contributed by atoms with Gasteiger partial charge in [-0.25, -0.2) is 0 Å². The molecule has 0 aromatic rings. The molecule has 0 aliphatic carbocycles. The standard InChI is InChI=1S/C6H9Br2N/c7-6(8)4-5-2-1-3-9-5/h4-5,9H,1-3H2/t5-/m1/s1. The highest BCUT2D eigenvalue weighted by atomic mass is 79.9. The average Bonchev–Trinajstić information content (AvgIpc) is 2.15. The summed E-state index contributed by atoms with van der Waals surface area (Å²) in [6, 6.07) is 0.582. The minimum absolute atomic E-state index is 0.582. The largest absolute Gasteiger partial charge is 0.310 e. The summed E-state index contributed by atoms with van der Waals surface area (Å²) in [7, 11) is 0. The lowest BCUT2D eigenvalue weighted by Gasteiger charge is -2.00. The third-order valence-electron chi connectivity index (χ3n) is 1.43. The number of hydrogen-bond acceptors (Lipinski definition) is 1. The molecule has 0 amide bonds. The number of hydrogen-bond donors (Lipinski definition) is 1. The summed E-state index contributed by atoms with van der Waals surface area (Å²) in [5, 5.41) is 3.35. The van der Waals surface area contributed by atoms with Crippen LogP contribution >= 0.6 is 31.9 Å². The Bertz CT molecular complexity index is 112. The highest BCUT2D eigenvalue weighted by molar-refractivity contribution is 9.28. The molecule has 1 heterocycles. The van der Waals surface area contributed by atoms with Gasteiger partial charge in [-0.3, -0.25) is 0 Å². The first-order valence-corrected chi connectivity index (χ1v) is 4.64. The zero-order valence-electron chi connectivity index (χ0n) is 5.03. The smallest absolute Gasteiger partial charge is 0.0579 e. The molecule has 52 valence electrons. The monoisotopic (exact) mass is 253 g/mol. The molecule has 0 bridgehead atoms. The molecule has 0 aromatic carbocycles. The van der Waals surface area contributed by atoms with Gasteiger partial charge < -0.3 is 5.32 Å². The maximum absolute atomic E-state index is 3.35. The summed E-state index contributed by atoms with van der Waals surface area (Å²) in [4.78, 5) is 0. The second kappa shape index (κ2) is 3.74. The quantitative estimate of drug-likeness (QED) is 0.758. The summed E-state index contributed by atoms with van der Waals surface area (Å²) < 4.78 is 1.05. The molecule has 0 unspecified atom stereocenters. The van der Waals surface area contributed by atoms with Gasteiger partial charge in [0, 0.05) is 6.04 Å². The Balaban J connectivity index is 2.35. The SMILES string of the molecule is BrC(Br)=C[C@H]1CCCN1. The summed E-state index contributed by atoms with van der Waals surface area (Å²) in [6.45, 7) is 1.16. The molecule has 0 spiro atoms. The fraction of sp³-hybridized carbons (Fsp3) is 0.667. The van der Waals surface area contributed by atoms with Crippen LogP contribution in [-0.2, 0) is 0 Å². The van der Waals surface area contributed by atoms with Gasteiger partial charge >= 0.3 is 0 Å². The molecule has 1 atom stereocenters. The summed E-state index contributed by atoms with van der Waals surface area (Å²) in [5.41, 5.74) is 0. The van der Waals surface area contributed by atoms with E-state index >= 15 is 0 Å². The van der Waals surface area contributed by atoms with E-state index in [1.165, 1.54) is 12.8 Å². The molecule has 1 nitrogen and oxygen atoms in total. The Morgan fingerprint density at radius 2 is 2.33 bits per heavy atom. The molecule has 1 fully saturated rings. The number of rotatable bonds is 1. The van der Waals surface area contributed by atoms with Gasteiger partial charge in [-0.1, -0.05) is 0 Å². The molecular formula is C6H9Br2N. The first-order valence-electron chi connectivity index (χ1n) is 3.05. The van der Waals surface area contributed by atoms with E-state index in [4.69, 9.17) is 0 Å². The van der Waals surface area contributed by atoms with Crippen molar-refractivity contribution in [1.29, 1.82) is 0 Å². The Kier molecular flexibility index (Phi) is 3.22. The minimum Gasteiger partial charge on any atom is -0.310 e. The predicted octanol–water partition coefficient (Wildman–Crippen LogP) is 2.37. The van der Waals surface area contributed by atoms with Crippen molar-refractivity contribution < 1.29 is 0 Å². The van der Waals surface area contributed by atoms with Crippen molar-refractivity contribution in [2.45, 2.75) is 18.9 Å². The van der Waals surface area contributed by atoms with E-state index in [0.29, 0.717) is 6.04 Å². The van der Waals surface area contributed by atoms with E-state index in [-0.39, 0.29) is 0 Å². The van der Waals surface area contributed by atoms with Crippen LogP contribution in [-0.4, -0.2) is 12.6 Å². The van der Waals surface area contributed by atoms with Crippen molar-refractivity contribution >= 4 is 31.9 Å². The minimum atomic E-state index is 0.582. The van der Waals surface area contributed by atoms with Crippen molar-refractivity contribution in [3.05, 3.63) is 9.47 Å². The van der Waals surface area contributed by atoms with Gasteiger partial charge in [-0.2, -0.15) is 0 Å². The van der Waals surface area contributed by atoms with Gasteiger partial charge in [0.25, 0.3) is 0 Å². The van der Waals surface area contributed by atoms with Crippen molar-refractivity contribution in [3.8, 4) is 0 Å². The third kappa shape index (κ3) is 2.83. The molecular weight excluding hydrogens is 246 g/mol. The van der Waals surface area contributed by atoms with Gasteiger partial charge in [0.05, 0.1) is 3.39 Å². The van der Waals surface area contributed by atoms with Crippen LogP contribution in [0.2, 0.25) is 0 Å². The predicted molar refractivity (Wildman–Crippen MR) is 47.0 cm³/mol. The van der Waals surface area contributed by atoms with Crippen LogP contribution in [0, 0.1) is 0 Å². The second-order valence-electron chi connectivity index (χ2n) is 2.16. The van der Waals surface area contributed by atoms with Crippen LogP contribution in [0.5, 0.6) is 0 Å². The van der Waals surface area contributed by atoms with Crippen molar-refractivity contribution in [2.75, 3.05) is 6.54 Å². The van der Waals surface area contributed by atoms with Gasteiger partial charge in [-0.15, -0.1) is 0 Å². The summed E-state index contributed by atoms with van der Waals surface area (Å²) in [5.74, 6) is 0. The Morgan fingerprint density at radius 1 is 1.56 bits per heavy atom. The Hall–Kier alpha value is 0.660. The van der Waals surface area contributed by atoms with Crippen LogP contribution in [0.4, 0.5) is 0 Å². The van der Waals surface area contributed by atoms with Crippen molar-refractivity contribution in [2.24, 2.45) is 0 Å².